The number of pyridine rings is 2. The van der Waals surface area contributed by atoms with E-state index in [2.05, 4.69) is 37.1 Å². The Morgan fingerprint density at radius 2 is 1.97 bits per heavy atom. The van der Waals surface area contributed by atoms with Gasteiger partial charge in [0.05, 0.1) is 61.7 Å². The number of aliphatic hydroxyl groups is 1. The molecule has 2 aliphatic heterocycles. The van der Waals surface area contributed by atoms with Crippen LogP contribution >= 0.6 is 0 Å². The number of amides is 1. The molecular weight excluding hydrogens is 494 g/mol. The van der Waals surface area contributed by atoms with E-state index in [-0.39, 0.29) is 12.5 Å². The number of carbonyl (C=O) groups excluding carboxylic acids is 1. The van der Waals surface area contributed by atoms with Crippen molar-refractivity contribution in [2.45, 2.75) is 38.8 Å². The summed E-state index contributed by atoms with van der Waals surface area (Å²) in [5.41, 5.74) is 1.76. The Kier molecular flexibility index (Phi) is 6.99. The minimum atomic E-state index is -0.986. The van der Waals surface area contributed by atoms with E-state index in [0.29, 0.717) is 41.9 Å². The van der Waals surface area contributed by atoms with E-state index in [4.69, 9.17) is 9.72 Å². The van der Waals surface area contributed by atoms with Gasteiger partial charge in [0.15, 0.2) is 0 Å². The average Bonchev–Trinajstić information content (AvgIpc) is 3.45. The minimum Gasteiger partial charge on any atom is -0.489 e. The van der Waals surface area contributed by atoms with E-state index < -0.39 is 5.60 Å². The number of quaternary nitrogens is 1. The fourth-order valence-corrected chi connectivity index (χ4v) is 5.58. The van der Waals surface area contributed by atoms with E-state index in [9.17, 15) is 15.2 Å². The predicted molar refractivity (Wildman–Crippen MR) is 148 cm³/mol. The van der Waals surface area contributed by atoms with Gasteiger partial charge < -0.3 is 24.1 Å². The second-order valence-corrected chi connectivity index (χ2v) is 12.1. The Hall–Kier alpha value is -3.68. The van der Waals surface area contributed by atoms with Crippen molar-refractivity contribution < 1.29 is 19.1 Å². The van der Waals surface area contributed by atoms with Crippen LogP contribution in [0.5, 0.6) is 5.75 Å². The van der Waals surface area contributed by atoms with Gasteiger partial charge in [-0.25, -0.2) is 9.50 Å². The molecule has 2 fully saturated rings. The summed E-state index contributed by atoms with van der Waals surface area (Å²) in [6, 6.07) is 8.54. The molecule has 1 N–H and O–H groups in total. The molecule has 0 aliphatic carbocycles. The van der Waals surface area contributed by atoms with Gasteiger partial charge in [-0.2, -0.15) is 10.4 Å². The fraction of sp³-hybridized carbons (Fsp3) is 0.517. The van der Waals surface area contributed by atoms with Gasteiger partial charge >= 0.3 is 0 Å². The molecule has 1 amide bonds. The topological polar surface area (TPSA) is 107 Å². The number of anilines is 1. The van der Waals surface area contributed by atoms with Crippen LogP contribution in [-0.4, -0.2) is 100 Å². The maximum absolute atomic E-state index is 13.2. The molecule has 0 saturated carbocycles. The Balaban J connectivity index is 1.30. The second kappa shape index (κ2) is 10.1. The summed E-state index contributed by atoms with van der Waals surface area (Å²) >= 11 is 0. The highest BCUT2D eigenvalue weighted by Gasteiger charge is 2.43. The molecule has 5 rings (SSSR count). The van der Waals surface area contributed by atoms with Crippen LogP contribution in [0.15, 0.2) is 36.8 Å². The molecule has 0 aromatic carbocycles. The smallest absolute Gasteiger partial charge is 0.231 e. The molecule has 0 bridgehead atoms. The third-order valence-corrected chi connectivity index (χ3v) is 8.13. The highest BCUT2D eigenvalue weighted by atomic mass is 16.5. The van der Waals surface area contributed by atoms with E-state index in [1.54, 1.807) is 30.8 Å². The summed E-state index contributed by atoms with van der Waals surface area (Å²) in [7, 11) is 4.42. The lowest BCUT2D eigenvalue weighted by Crippen LogP contribution is -2.51. The highest BCUT2D eigenvalue weighted by molar-refractivity contribution is 5.85. The standard InChI is InChI=1S/C29H38N7O3/c1-20-12-22(18-36(20,4)5)28(37)34-10-8-33(9-11-34)26-7-6-21(15-31-26)25-13-24(39-19-29(2,3)38)17-35-27(25)23(14-30)16-32-35/h6-7,13,15-17,20,22,38H,8-12,18-19H2,1-5H3/q+1/t20?,22-/m0/s1. The van der Waals surface area contributed by atoms with Gasteiger partial charge in [0.25, 0.3) is 0 Å². The lowest BCUT2D eigenvalue weighted by atomic mass is 10.0. The maximum Gasteiger partial charge on any atom is 0.231 e. The minimum absolute atomic E-state index is 0.112. The molecule has 0 radical (unpaired) electrons. The first-order chi connectivity index (χ1) is 18.4. The van der Waals surface area contributed by atoms with Crippen molar-refractivity contribution in [2.24, 2.45) is 5.92 Å². The van der Waals surface area contributed by atoms with Crippen LogP contribution in [0.3, 0.4) is 0 Å². The van der Waals surface area contributed by atoms with Crippen LogP contribution in [0.25, 0.3) is 16.6 Å². The summed E-state index contributed by atoms with van der Waals surface area (Å²) < 4.78 is 8.36. The Morgan fingerprint density at radius 1 is 1.23 bits per heavy atom. The number of nitriles is 1. The number of piperazine rings is 1. The van der Waals surface area contributed by atoms with E-state index >= 15 is 0 Å². The van der Waals surface area contributed by atoms with Crippen LogP contribution in [0, 0.1) is 17.2 Å². The number of likely N-dealkylation sites (tertiary alicyclic amines) is 1. The Bertz CT molecular complexity index is 1390. The molecule has 10 nitrogen and oxygen atoms in total. The van der Waals surface area contributed by atoms with E-state index in [1.807, 2.05) is 23.1 Å². The van der Waals surface area contributed by atoms with Gasteiger partial charge in [0.2, 0.25) is 5.91 Å². The average molecular weight is 533 g/mol. The number of nitrogens with zero attached hydrogens (tertiary/aromatic N) is 7. The van der Waals surface area contributed by atoms with Gasteiger partial charge in [-0.3, -0.25) is 4.79 Å². The van der Waals surface area contributed by atoms with Crippen molar-refractivity contribution in [3.63, 3.8) is 0 Å². The molecule has 3 aromatic rings. The van der Waals surface area contributed by atoms with Crippen molar-refractivity contribution >= 4 is 17.2 Å². The molecule has 2 aliphatic rings. The predicted octanol–water partition coefficient (Wildman–Crippen LogP) is 2.55. The molecule has 2 atom stereocenters. The summed E-state index contributed by atoms with van der Waals surface area (Å²) in [5, 5.41) is 24.0. The molecule has 39 heavy (non-hydrogen) atoms. The molecule has 0 spiro atoms. The van der Waals surface area contributed by atoms with E-state index in [0.717, 1.165) is 47.5 Å². The van der Waals surface area contributed by atoms with Gasteiger partial charge in [-0.1, -0.05) is 0 Å². The van der Waals surface area contributed by atoms with Crippen LogP contribution in [0.4, 0.5) is 5.82 Å². The molecule has 2 saturated heterocycles. The van der Waals surface area contributed by atoms with Crippen molar-refractivity contribution in [3.05, 3.63) is 42.4 Å². The first-order valence-corrected chi connectivity index (χ1v) is 13.5. The number of fused-ring (bicyclic) bond motifs is 1. The van der Waals surface area contributed by atoms with Crippen LogP contribution in [0.2, 0.25) is 0 Å². The lowest BCUT2D eigenvalue weighted by molar-refractivity contribution is -0.901. The third-order valence-electron chi connectivity index (χ3n) is 8.13. The van der Waals surface area contributed by atoms with Crippen molar-refractivity contribution in [1.82, 2.24) is 19.5 Å². The van der Waals surface area contributed by atoms with Crippen LogP contribution in [0.1, 0.15) is 32.8 Å². The van der Waals surface area contributed by atoms with Gasteiger partial charge in [-0.05, 0) is 39.0 Å². The van der Waals surface area contributed by atoms with Crippen molar-refractivity contribution in [2.75, 3.05) is 58.3 Å². The number of hydrogen-bond acceptors (Lipinski definition) is 7. The number of rotatable bonds is 6. The first kappa shape index (κ1) is 26.9. The molecule has 1 unspecified atom stereocenters. The lowest BCUT2D eigenvalue weighted by Gasteiger charge is -2.36. The first-order valence-electron chi connectivity index (χ1n) is 13.5. The summed E-state index contributed by atoms with van der Waals surface area (Å²) in [4.78, 5) is 22.1. The zero-order valence-corrected chi connectivity index (χ0v) is 23.5. The summed E-state index contributed by atoms with van der Waals surface area (Å²) in [6.07, 6.45) is 6.00. The van der Waals surface area contributed by atoms with Gasteiger partial charge in [0, 0.05) is 49.9 Å². The Morgan fingerprint density at radius 3 is 2.56 bits per heavy atom. The number of aromatic nitrogens is 3. The van der Waals surface area contributed by atoms with Gasteiger partial charge in [0.1, 0.15) is 24.2 Å². The van der Waals surface area contributed by atoms with E-state index in [1.165, 1.54) is 6.20 Å². The number of hydrogen-bond donors (Lipinski definition) is 1. The number of ether oxygens (including phenoxy) is 1. The fourth-order valence-electron chi connectivity index (χ4n) is 5.58. The van der Waals surface area contributed by atoms with Crippen molar-refractivity contribution in [1.29, 1.82) is 5.26 Å². The zero-order valence-electron chi connectivity index (χ0n) is 23.5. The maximum atomic E-state index is 13.2. The quantitative estimate of drug-likeness (QED) is 0.486. The normalized spacial score (nSPS) is 21.3. The van der Waals surface area contributed by atoms with Crippen LogP contribution < -0.4 is 9.64 Å². The second-order valence-electron chi connectivity index (χ2n) is 12.1. The SMILES string of the molecule is CC1C[C@H](C(=O)N2CCN(c3ccc(-c4cc(OCC(C)(C)O)cn5ncc(C#N)c45)cn3)CC2)C[N+]1(C)C. The highest BCUT2D eigenvalue weighted by Crippen LogP contribution is 2.32. The monoisotopic (exact) mass is 532 g/mol. The van der Waals surface area contributed by atoms with Crippen molar-refractivity contribution in [3.8, 4) is 22.9 Å². The largest absolute Gasteiger partial charge is 0.489 e. The molecule has 3 aromatic heterocycles. The number of carbonyl (C=O) groups is 1. The molecule has 5 heterocycles. The third kappa shape index (κ3) is 5.56. The van der Waals surface area contributed by atoms with Gasteiger partial charge in [-0.15, -0.1) is 0 Å². The summed E-state index contributed by atoms with van der Waals surface area (Å²) in [5.74, 6) is 1.80. The molecular formula is C29H38N7O3+. The Labute approximate surface area is 229 Å². The molecule has 10 heteroatoms. The zero-order chi connectivity index (χ0) is 27.9. The summed E-state index contributed by atoms with van der Waals surface area (Å²) in [6.45, 7) is 9.50. The molecule has 206 valence electrons. The van der Waals surface area contributed by atoms with Crippen LogP contribution in [-0.2, 0) is 4.79 Å².